The lowest BCUT2D eigenvalue weighted by Crippen LogP contribution is -2.24. The molecule has 0 amide bonds. The summed E-state index contributed by atoms with van der Waals surface area (Å²) < 4.78 is 11.3. The highest BCUT2D eigenvalue weighted by atomic mass is 16.5. The Kier molecular flexibility index (Phi) is 8.99. The number of aliphatic hydroxyl groups is 2. The molecule has 29 heavy (non-hydrogen) atoms. The van der Waals surface area contributed by atoms with Gasteiger partial charge in [-0.25, -0.2) is 0 Å². The lowest BCUT2D eigenvalue weighted by molar-refractivity contribution is 0.200. The molecule has 2 N–H and O–H groups in total. The summed E-state index contributed by atoms with van der Waals surface area (Å²) in [5.74, 6) is 1.64. The van der Waals surface area contributed by atoms with E-state index in [9.17, 15) is 0 Å². The maximum Gasteiger partial charge on any atom is 0.122 e. The van der Waals surface area contributed by atoms with Gasteiger partial charge in [0.25, 0.3) is 0 Å². The van der Waals surface area contributed by atoms with Crippen LogP contribution in [0.4, 0.5) is 0 Å². The van der Waals surface area contributed by atoms with E-state index in [1.807, 2.05) is 12.1 Å². The van der Waals surface area contributed by atoms with Crippen LogP contribution in [0.15, 0.2) is 36.4 Å². The van der Waals surface area contributed by atoms with E-state index < -0.39 is 0 Å². The van der Waals surface area contributed by atoms with Crippen LogP contribution in [-0.2, 0) is 5.41 Å². The normalized spacial score (nSPS) is 11.5. The summed E-state index contributed by atoms with van der Waals surface area (Å²) in [4.78, 5) is 0. The number of aryl methyl sites for hydroxylation is 2. The quantitative estimate of drug-likeness (QED) is 0.496. The first-order valence-electron chi connectivity index (χ1n) is 10.7. The van der Waals surface area contributed by atoms with E-state index in [0.29, 0.717) is 13.2 Å². The second-order valence-electron chi connectivity index (χ2n) is 7.89. The van der Waals surface area contributed by atoms with Crippen LogP contribution in [0.2, 0.25) is 0 Å². The van der Waals surface area contributed by atoms with E-state index in [2.05, 4.69) is 52.0 Å². The van der Waals surface area contributed by atoms with Crippen molar-refractivity contribution in [3.8, 4) is 11.5 Å². The van der Waals surface area contributed by atoms with Gasteiger partial charge in [-0.3, -0.25) is 0 Å². The molecule has 4 heteroatoms. The number of ether oxygens (including phenoxy) is 2. The molecule has 0 saturated heterocycles. The molecule has 0 saturated carbocycles. The van der Waals surface area contributed by atoms with Crippen molar-refractivity contribution in [1.29, 1.82) is 0 Å². The van der Waals surface area contributed by atoms with E-state index >= 15 is 0 Å². The van der Waals surface area contributed by atoms with Gasteiger partial charge in [-0.15, -0.1) is 0 Å². The van der Waals surface area contributed by atoms with Crippen molar-refractivity contribution in [3.05, 3.63) is 58.7 Å². The van der Waals surface area contributed by atoms with Crippen molar-refractivity contribution < 1.29 is 19.7 Å². The molecule has 2 aromatic carbocycles. The van der Waals surface area contributed by atoms with E-state index in [0.717, 1.165) is 35.5 Å². The maximum atomic E-state index is 9.02. The number of hydrogen-bond acceptors (Lipinski definition) is 4. The summed E-state index contributed by atoms with van der Waals surface area (Å²) in [6.07, 6.45) is 4.63. The predicted molar refractivity (Wildman–Crippen MR) is 118 cm³/mol. The van der Waals surface area contributed by atoms with Gasteiger partial charge in [0.15, 0.2) is 0 Å². The fourth-order valence-corrected chi connectivity index (χ4v) is 3.80. The fraction of sp³-hybridized carbons (Fsp3) is 0.520. The molecule has 0 bridgehead atoms. The van der Waals surface area contributed by atoms with Gasteiger partial charge in [0.2, 0.25) is 0 Å². The van der Waals surface area contributed by atoms with Crippen molar-refractivity contribution in [1.82, 2.24) is 0 Å². The Morgan fingerprint density at radius 2 is 1.28 bits per heavy atom. The van der Waals surface area contributed by atoms with E-state index in [-0.39, 0.29) is 18.6 Å². The minimum atomic E-state index is -0.115. The van der Waals surface area contributed by atoms with Crippen LogP contribution in [-0.4, -0.2) is 36.6 Å². The molecule has 2 aromatic rings. The van der Waals surface area contributed by atoms with Crippen molar-refractivity contribution in [2.24, 2.45) is 0 Å². The van der Waals surface area contributed by atoms with E-state index in [4.69, 9.17) is 19.7 Å². The maximum absolute atomic E-state index is 9.02. The molecule has 0 atom stereocenters. The van der Waals surface area contributed by atoms with E-state index in [1.165, 1.54) is 24.0 Å². The SMILES string of the molecule is CCCCCC(C)(c1ccc(OCCO)c(C)c1)c1ccc(OCCO)c(C)c1. The molecule has 0 spiro atoms. The largest absolute Gasteiger partial charge is 0.491 e. The fourth-order valence-electron chi connectivity index (χ4n) is 3.80. The zero-order valence-electron chi connectivity index (χ0n) is 18.3. The van der Waals surface area contributed by atoms with Crippen molar-refractivity contribution in [3.63, 3.8) is 0 Å². The third-order valence-corrected chi connectivity index (χ3v) is 5.60. The first kappa shape index (κ1) is 23.2. The van der Waals surface area contributed by atoms with Crippen LogP contribution in [0.25, 0.3) is 0 Å². The van der Waals surface area contributed by atoms with Gasteiger partial charge in [-0.05, 0) is 54.7 Å². The van der Waals surface area contributed by atoms with Crippen molar-refractivity contribution >= 4 is 0 Å². The highest BCUT2D eigenvalue weighted by Crippen LogP contribution is 2.40. The van der Waals surface area contributed by atoms with Crippen molar-refractivity contribution in [2.45, 2.75) is 58.8 Å². The molecule has 0 fully saturated rings. The van der Waals surface area contributed by atoms with E-state index in [1.54, 1.807) is 0 Å². The number of rotatable bonds is 12. The molecular weight excluding hydrogens is 364 g/mol. The van der Waals surface area contributed by atoms with Gasteiger partial charge in [-0.2, -0.15) is 0 Å². The van der Waals surface area contributed by atoms with Gasteiger partial charge >= 0.3 is 0 Å². The topological polar surface area (TPSA) is 58.9 Å². The number of hydrogen-bond donors (Lipinski definition) is 2. The van der Waals surface area contributed by atoms with Gasteiger partial charge in [0.1, 0.15) is 24.7 Å². The van der Waals surface area contributed by atoms with Crippen LogP contribution < -0.4 is 9.47 Å². The number of aliphatic hydroxyl groups excluding tert-OH is 2. The highest BCUT2D eigenvalue weighted by Gasteiger charge is 2.29. The molecule has 0 heterocycles. The summed E-state index contributed by atoms with van der Waals surface area (Å²) in [6, 6.07) is 12.8. The second kappa shape index (κ2) is 11.2. The summed E-state index contributed by atoms with van der Waals surface area (Å²) >= 11 is 0. The molecule has 4 nitrogen and oxygen atoms in total. The highest BCUT2D eigenvalue weighted by molar-refractivity contribution is 5.47. The van der Waals surface area contributed by atoms with Crippen LogP contribution in [0, 0.1) is 13.8 Å². The Morgan fingerprint density at radius 1 is 0.793 bits per heavy atom. The molecule has 0 aromatic heterocycles. The minimum absolute atomic E-state index is 0.0138. The Bertz CT molecular complexity index is 712. The van der Waals surface area contributed by atoms with Crippen LogP contribution in [0.1, 0.15) is 61.8 Å². The van der Waals surface area contributed by atoms with Gasteiger partial charge in [0, 0.05) is 5.41 Å². The molecular formula is C25H36O4. The first-order chi connectivity index (χ1) is 14.0. The molecule has 0 radical (unpaired) electrons. The third kappa shape index (κ3) is 5.97. The molecule has 0 aliphatic heterocycles. The molecule has 160 valence electrons. The second-order valence-corrected chi connectivity index (χ2v) is 7.89. The van der Waals surface area contributed by atoms with Gasteiger partial charge in [0.05, 0.1) is 13.2 Å². The molecule has 0 aliphatic carbocycles. The predicted octanol–water partition coefficient (Wildman–Crippen LogP) is 4.93. The average Bonchev–Trinajstić information content (AvgIpc) is 2.72. The monoisotopic (exact) mass is 400 g/mol. The number of benzene rings is 2. The van der Waals surface area contributed by atoms with Gasteiger partial charge < -0.3 is 19.7 Å². The smallest absolute Gasteiger partial charge is 0.122 e. The lowest BCUT2D eigenvalue weighted by Gasteiger charge is -2.32. The molecule has 0 unspecified atom stereocenters. The van der Waals surface area contributed by atoms with Crippen LogP contribution in [0.3, 0.4) is 0 Å². The van der Waals surface area contributed by atoms with Crippen LogP contribution >= 0.6 is 0 Å². The summed E-state index contributed by atoms with van der Waals surface area (Å²) in [5, 5.41) is 18.0. The van der Waals surface area contributed by atoms with Crippen LogP contribution in [0.5, 0.6) is 11.5 Å². The van der Waals surface area contributed by atoms with Gasteiger partial charge in [-0.1, -0.05) is 57.4 Å². The zero-order valence-corrected chi connectivity index (χ0v) is 18.3. The summed E-state index contributed by atoms with van der Waals surface area (Å²) in [6.45, 7) is 9.30. The Hall–Kier alpha value is -2.04. The average molecular weight is 401 g/mol. The first-order valence-corrected chi connectivity index (χ1v) is 10.7. The Balaban J connectivity index is 2.40. The third-order valence-electron chi connectivity index (χ3n) is 5.60. The molecule has 2 rings (SSSR count). The zero-order chi connectivity index (χ0) is 21.3. The minimum Gasteiger partial charge on any atom is -0.491 e. The summed E-state index contributed by atoms with van der Waals surface area (Å²) in [7, 11) is 0. The summed E-state index contributed by atoms with van der Waals surface area (Å²) in [5.41, 5.74) is 4.58. The Morgan fingerprint density at radius 3 is 1.66 bits per heavy atom. The van der Waals surface area contributed by atoms with Crippen molar-refractivity contribution in [2.75, 3.05) is 26.4 Å². The Labute approximate surface area is 175 Å². The molecule has 0 aliphatic rings. The number of unbranched alkanes of at least 4 members (excludes halogenated alkanes) is 2. The lowest BCUT2D eigenvalue weighted by atomic mass is 9.72. The standard InChI is InChI=1S/C25H36O4/c1-5-6-7-12-25(4,21-8-10-23(19(2)17-21)28-15-13-26)22-9-11-24(20(3)18-22)29-16-14-27/h8-11,17-18,26-27H,5-7,12-16H2,1-4H3.